The molecule has 1 unspecified atom stereocenters. The lowest BCUT2D eigenvalue weighted by molar-refractivity contribution is -0.136. The highest BCUT2D eigenvalue weighted by Crippen LogP contribution is 2.25. The Morgan fingerprint density at radius 1 is 0.800 bits per heavy atom. The van der Waals surface area contributed by atoms with Gasteiger partial charge < -0.3 is 4.74 Å². The van der Waals surface area contributed by atoms with Crippen molar-refractivity contribution in [1.82, 2.24) is 0 Å². The van der Waals surface area contributed by atoms with E-state index < -0.39 is 0 Å². The molecular weight excluding hydrogens is 308 g/mol. The zero-order valence-electron chi connectivity index (χ0n) is 15.3. The number of carbonyl (C=O) groups is 1. The monoisotopic (exact) mass is 338 g/mol. The summed E-state index contributed by atoms with van der Waals surface area (Å²) >= 11 is 0. The van der Waals surface area contributed by atoms with Crippen LogP contribution in [0.1, 0.15) is 69.8 Å². The van der Waals surface area contributed by atoms with Crippen LogP contribution in [0.4, 0.5) is 0 Å². The maximum Gasteiger partial charge on any atom is 0.318 e. The summed E-state index contributed by atoms with van der Waals surface area (Å²) in [6, 6.07) is 19.4. The fourth-order valence-corrected chi connectivity index (χ4v) is 3.09. The Labute approximate surface area is 152 Å². The van der Waals surface area contributed by atoms with E-state index in [1.807, 2.05) is 60.7 Å². The molecule has 0 spiro atoms. The Kier molecular flexibility index (Phi) is 8.82. The fourth-order valence-electron chi connectivity index (χ4n) is 3.09. The third-order valence-corrected chi connectivity index (χ3v) is 4.54. The van der Waals surface area contributed by atoms with Gasteiger partial charge >= 0.3 is 5.97 Å². The molecular formula is C23H30O2. The summed E-state index contributed by atoms with van der Waals surface area (Å²) in [6.45, 7) is 2.24. The van der Waals surface area contributed by atoms with Gasteiger partial charge in [-0.2, -0.15) is 0 Å². The van der Waals surface area contributed by atoms with Gasteiger partial charge in [0.15, 0.2) is 0 Å². The summed E-state index contributed by atoms with van der Waals surface area (Å²) in [7, 11) is 0. The second kappa shape index (κ2) is 11.5. The average molecular weight is 338 g/mol. The van der Waals surface area contributed by atoms with E-state index in [9.17, 15) is 4.79 Å². The van der Waals surface area contributed by atoms with Crippen molar-refractivity contribution in [2.45, 2.75) is 64.2 Å². The molecule has 0 amide bonds. The van der Waals surface area contributed by atoms with E-state index in [1.165, 1.54) is 38.5 Å². The second-order valence-corrected chi connectivity index (χ2v) is 6.61. The molecule has 134 valence electrons. The largest absolute Gasteiger partial charge is 0.426 e. The molecule has 0 aliphatic rings. The first-order valence-corrected chi connectivity index (χ1v) is 9.63. The summed E-state index contributed by atoms with van der Waals surface area (Å²) in [5.41, 5.74) is 1.05. The van der Waals surface area contributed by atoms with Gasteiger partial charge in [-0.25, -0.2) is 0 Å². The van der Waals surface area contributed by atoms with E-state index in [4.69, 9.17) is 4.74 Å². The lowest BCUT2D eigenvalue weighted by atomic mass is 9.93. The lowest BCUT2D eigenvalue weighted by Gasteiger charge is -2.16. The van der Waals surface area contributed by atoms with Crippen LogP contribution in [-0.4, -0.2) is 5.97 Å². The van der Waals surface area contributed by atoms with E-state index in [0.29, 0.717) is 5.75 Å². The lowest BCUT2D eigenvalue weighted by Crippen LogP contribution is -2.19. The first kappa shape index (κ1) is 19.2. The van der Waals surface area contributed by atoms with Crippen LogP contribution in [0.25, 0.3) is 0 Å². The number of carbonyl (C=O) groups excluding carboxylic acids is 1. The van der Waals surface area contributed by atoms with Crippen LogP contribution in [0.2, 0.25) is 0 Å². The Hall–Kier alpha value is -2.09. The van der Waals surface area contributed by atoms with Gasteiger partial charge in [0.05, 0.1) is 5.92 Å². The van der Waals surface area contributed by atoms with Gasteiger partial charge in [-0.3, -0.25) is 4.79 Å². The van der Waals surface area contributed by atoms with Crippen LogP contribution in [0.5, 0.6) is 5.75 Å². The van der Waals surface area contributed by atoms with Crippen molar-refractivity contribution in [3.63, 3.8) is 0 Å². The van der Waals surface area contributed by atoms with Gasteiger partial charge in [-0.15, -0.1) is 0 Å². The van der Waals surface area contributed by atoms with E-state index in [1.54, 1.807) is 0 Å². The van der Waals surface area contributed by atoms with Gasteiger partial charge in [-0.1, -0.05) is 100 Å². The summed E-state index contributed by atoms with van der Waals surface area (Å²) < 4.78 is 5.60. The number of esters is 1. The zero-order valence-corrected chi connectivity index (χ0v) is 15.3. The Morgan fingerprint density at radius 3 is 2.00 bits per heavy atom. The van der Waals surface area contributed by atoms with Crippen molar-refractivity contribution in [2.75, 3.05) is 0 Å². The Balaban J connectivity index is 1.89. The zero-order chi connectivity index (χ0) is 17.7. The quantitative estimate of drug-likeness (QED) is 0.265. The minimum atomic E-state index is -0.183. The molecule has 25 heavy (non-hydrogen) atoms. The number of rotatable bonds is 11. The molecule has 0 aliphatic carbocycles. The first-order chi connectivity index (χ1) is 12.3. The maximum atomic E-state index is 12.7. The molecule has 0 aliphatic heterocycles. The van der Waals surface area contributed by atoms with Gasteiger partial charge in [0.2, 0.25) is 0 Å². The molecule has 2 nitrogen and oxygen atoms in total. The Bertz CT molecular complexity index is 592. The Morgan fingerprint density at radius 2 is 1.36 bits per heavy atom. The van der Waals surface area contributed by atoms with Crippen molar-refractivity contribution < 1.29 is 9.53 Å². The van der Waals surface area contributed by atoms with Crippen LogP contribution in [0, 0.1) is 0 Å². The van der Waals surface area contributed by atoms with Crippen LogP contribution >= 0.6 is 0 Å². The third-order valence-electron chi connectivity index (χ3n) is 4.54. The molecule has 2 heteroatoms. The number of benzene rings is 2. The molecule has 0 heterocycles. The van der Waals surface area contributed by atoms with Crippen LogP contribution in [-0.2, 0) is 4.79 Å². The normalized spacial score (nSPS) is 11.9. The highest BCUT2D eigenvalue weighted by atomic mass is 16.5. The van der Waals surface area contributed by atoms with E-state index in [2.05, 4.69) is 6.92 Å². The van der Waals surface area contributed by atoms with E-state index >= 15 is 0 Å². The molecule has 2 aromatic carbocycles. The van der Waals surface area contributed by atoms with Gasteiger partial charge in [0.1, 0.15) is 5.75 Å². The van der Waals surface area contributed by atoms with Crippen molar-refractivity contribution in [2.24, 2.45) is 0 Å². The number of unbranched alkanes of at least 4 members (excludes halogenated alkanes) is 6. The third kappa shape index (κ3) is 7.13. The molecule has 0 aromatic heterocycles. The molecule has 0 fully saturated rings. The van der Waals surface area contributed by atoms with Gasteiger partial charge in [-0.05, 0) is 24.1 Å². The number of ether oxygens (including phenoxy) is 1. The predicted octanol–water partition coefficient (Wildman–Crippen LogP) is 6.52. The highest BCUT2D eigenvalue weighted by Gasteiger charge is 2.22. The summed E-state index contributed by atoms with van der Waals surface area (Å²) in [5.74, 6) is 0.286. The first-order valence-electron chi connectivity index (χ1n) is 9.63. The second-order valence-electron chi connectivity index (χ2n) is 6.61. The standard InChI is InChI=1S/C23H30O2/c1-2-3-4-5-6-7-14-19-22(20-15-10-8-11-16-20)23(24)25-21-17-12-9-13-18-21/h8-13,15-18,22H,2-7,14,19H2,1H3. The SMILES string of the molecule is CCCCCCCCCC(C(=O)Oc1ccccc1)c1ccccc1. The molecule has 0 saturated carbocycles. The fraction of sp³-hybridized carbons (Fsp3) is 0.435. The molecule has 2 rings (SSSR count). The minimum Gasteiger partial charge on any atom is -0.426 e. The molecule has 0 saturated heterocycles. The molecule has 0 radical (unpaired) electrons. The molecule has 0 bridgehead atoms. The molecule has 1 atom stereocenters. The molecule has 2 aromatic rings. The predicted molar refractivity (Wildman–Crippen MR) is 104 cm³/mol. The minimum absolute atomic E-state index is 0.150. The van der Waals surface area contributed by atoms with E-state index in [-0.39, 0.29) is 11.9 Å². The van der Waals surface area contributed by atoms with E-state index in [0.717, 1.165) is 18.4 Å². The van der Waals surface area contributed by atoms with Crippen LogP contribution < -0.4 is 4.74 Å². The summed E-state index contributed by atoms with van der Waals surface area (Å²) in [6.07, 6.45) is 9.60. The molecule has 0 N–H and O–H groups in total. The van der Waals surface area contributed by atoms with Gasteiger partial charge in [0.25, 0.3) is 0 Å². The topological polar surface area (TPSA) is 26.3 Å². The van der Waals surface area contributed by atoms with Crippen molar-refractivity contribution >= 4 is 5.97 Å². The number of hydrogen-bond donors (Lipinski definition) is 0. The highest BCUT2D eigenvalue weighted by molar-refractivity contribution is 5.80. The number of para-hydroxylation sites is 1. The van der Waals surface area contributed by atoms with Crippen LogP contribution in [0.3, 0.4) is 0 Å². The van der Waals surface area contributed by atoms with Crippen LogP contribution in [0.15, 0.2) is 60.7 Å². The van der Waals surface area contributed by atoms with Crippen molar-refractivity contribution in [3.8, 4) is 5.75 Å². The maximum absolute atomic E-state index is 12.7. The number of hydrogen-bond acceptors (Lipinski definition) is 2. The van der Waals surface area contributed by atoms with Gasteiger partial charge in [0, 0.05) is 0 Å². The van der Waals surface area contributed by atoms with Crippen molar-refractivity contribution in [3.05, 3.63) is 66.2 Å². The smallest absolute Gasteiger partial charge is 0.318 e. The summed E-state index contributed by atoms with van der Waals surface area (Å²) in [5, 5.41) is 0. The summed E-state index contributed by atoms with van der Waals surface area (Å²) in [4.78, 5) is 12.7. The van der Waals surface area contributed by atoms with Crippen molar-refractivity contribution in [1.29, 1.82) is 0 Å². The average Bonchev–Trinajstić information content (AvgIpc) is 2.65.